The predicted molar refractivity (Wildman–Crippen MR) is 76.3 cm³/mol. The van der Waals surface area contributed by atoms with E-state index < -0.39 is 0 Å². The van der Waals surface area contributed by atoms with Gasteiger partial charge >= 0.3 is 0 Å². The summed E-state index contributed by atoms with van der Waals surface area (Å²) in [5.41, 5.74) is -0.252. The normalized spacial score (nSPS) is 39.0. The van der Waals surface area contributed by atoms with Crippen LogP contribution in [0.3, 0.4) is 0 Å². The molecule has 0 spiro atoms. The first-order chi connectivity index (χ1) is 9.36. The van der Waals surface area contributed by atoms with Crippen LogP contribution in [-0.4, -0.2) is 33.9 Å². The summed E-state index contributed by atoms with van der Waals surface area (Å²) in [5.74, 6) is 1.17. The molecule has 1 unspecified atom stereocenters. The number of carbonyl (C=O) groups is 2. The van der Waals surface area contributed by atoms with E-state index in [9.17, 15) is 9.59 Å². The van der Waals surface area contributed by atoms with Crippen molar-refractivity contribution in [1.29, 1.82) is 0 Å². The van der Waals surface area contributed by atoms with E-state index in [1.165, 1.54) is 5.01 Å². The van der Waals surface area contributed by atoms with Crippen LogP contribution < -0.4 is 0 Å². The maximum Gasteiger partial charge on any atom is 0.247 e. The number of imide groups is 1. The molecule has 1 saturated heterocycles. The van der Waals surface area contributed by atoms with Gasteiger partial charge in [-0.15, -0.1) is 0 Å². The average molecular weight is 276 g/mol. The number of fused-ring (bicyclic) bond motifs is 2. The number of allylic oxidation sites excluding steroid dienone is 2. The predicted octanol–water partition coefficient (Wildman–Crippen LogP) is 2.22. The second-order valence-corrected chi connectivity index (χ2v) is 7.08. The van der Waals surface area contributed by atoms with E-state index in [0.717, 1.165) is 6.42 Å². The van der Waals surface area contributed by atoms with Crippen molar-refractivity contribution in [3.05, 3.63) is 12.2 Å². The van der Waals surface area contributed by atoms with Crippen molar-refractivity contribution < 1.29 is 9.59 Å². The maximum atomic E-state index is 12.9. The largest absolute Gasteiger partial charge is 0.273 e. The lowest BCUT2D eigenvalue weighted by molar-refractivity contribution is -0.164. The molecule has 0 N–H and O–H groups in total. The molecule has 0 aromatic rings. The molecule has 1 heterocycles. The Labute approximate surface area is 120 Å². The van der Waals surface area contributed by atoms with Crippen LogP contribution >= 0.6 is 0 Å². The Morgan fingerprint density at radius 3 is 2.55 bits per heavy atom. The van der Waals surface area contributed by atoms with Gasteiger partial charge in [-0.05, 0) is 38.0 Å². The van der Waals surface area contributed by atoms with Gasteiger partial charge in [0.05, 0.1) is 0 Å². The monoisotopic (exact) mass is 276 g/mol. The van der Waals surface area contributed by atoms with Crippen LogP contribution in [0.15, 0.2) is 12.2 Å². The van der Waals surface area contributed by atoms with Crippen LogP contribution in [0.25, 0.3) is 0 Å². The lowest BCUT2D eigenvalue weighted by Crippen LogP contribution is -2.52. The first kappa shape index (κ1) is 13.8. The van der Waals surface area contributed by atoms with Gasteiger partial charge in [0.2, 0.25) is 11.8 Å². The Morgan fingerprint density at radius 2 is 2.00 bits per heavy atom. The van der Waals surface area contributed by atoms with Crippen molar-refractivity contribution in [3.8, 4) is 0 Å². The van der Waals surface area contributed by atoms with Crippen LogP contribution in [0.4, 0.5) is 0 Å². The van der Waals surface area contributed by atoms with Crippen LogP contribution in [0.5, 0.6) is 0 Å². The fraction of sp³-hybridized carbons (Fsp3) is 0.750. The van der Waals surface area contributed by atoms with Crippen LogP contribution in [0.1, 0.15) is 40.5 Å². The minimum atomic E-state index is -0.252. The molecule has 2 fully saturated rings. The number of rotatable bonds is 2. The standard InChI is InChI=1S/C16H24N2O2/c1-5-17-16(3,4)9-13(19)18(17)15(20)14-10(2)11-6-7-12(14)8-11/h6-7,10-12,14H,5,8-9H2,1-4H3/t10?,11-,12+,14-/m0/s1. The number of amides is 2. The smallest absolute Gasteiger partial charge is 0.247 e. The van der Waals surface area contributed by atoms with Gasteiger partial charge in [-0.25, -0.2) is 10.0 Å². The van der Waals surface area contributed by atoms with Gasteiger partial charge in [0.25, 0.3) is 0 Å². The van der Waals surface area contributed by atoms with Crippen molar-refractivity contribution in [2.24, 2.45) is 23.7 Å². The first-order valence-electron chi connectivity index (χ1n) is 7.69. The fourth-order valence-electron chi connectivity index (χ4n) is 4.37. The summed E-state index contributed by atoms with van der Waals surface area (Å²) in [4.78, 5) is 25.3. The second kappa shape index (κ2) is 4.42. The Kier molecular flexibility index (Phi) is 3.05. The topological polar surface area (TPSA) is 40.6 Å². The van der Waals surface area contributed by atoms with E-state index in [1.807, 2.05) is 25.8 Å². The SMILES string of the molecule is CCN1N(C(=O)[C@H]2C(C)[C@H]3C=C[C@@H]2C3)C(=O)CC1(C)C. The van der Waals surface area contributed by atoms with Crippen LogP contribution in [0, 0.1) is 23.7 Å². The van der Waals surface area contributed by atoms with Crippen LogP contribution in [0.2, 0.25) is 0 Å². The van der Waals surface area contributed by atoms with Crippen molar-refractivity contribution in [2.45, 2.75) is 46.1 Å². The van der Waals surface area contributed by atoms with Gasteiger partial charge < -0.3 is 0 Å². The summed E-state index contributed by atoms with van der Waals surface area (Å²) in [6, 6.07) is 0. The Hall–Kier alpha value is -1.16. The fourth-order valence-corrected chi connectivity index (χ4v) is 4.37. The zero-order chi connectivity index (χ0) is 14.7. The van der Waals surface area contributed by atoms with Gasteiger partial charge in [0.1, 0.15) is 0 Å². The van der Waals surface area contributed by atoms with Gasteiger partial charge in [0, 0.05) is 24.4 Å². The summed E-state index contributed by atoms with van der Waals surface area (Å²) in [5, 5.41) is 3.40. The molecule has 0 aromatic heterocycles. The number of hydrazine groups is 1. The van der Waals surface area contributed by atoms with Crippen molar-refractivity contribution in [3.63, 3.8) is 0 Å². The highest BCUT2D eigenvalue weighted by Crippen LogP contribution is 2.49. The summed E-state index contributed by atoms with van der Waals surface area (Å²) in [7, 11) is 0. The zero-order valence-corrected chi connectivity index (χ0v) is 12.8. The molecule has 4 nitrogen and oxygen atoms in total. The molecule has 3 aliphatic rings. The Balaban J connectivity index is 1.87. The molecule has 2 amide bonds. The number of carbonyl (C=O) groups excluding carboxylic acids is 2. The molecule has 3 rings (SSSR count). The van der Waals surface area contributed by atoms with Crippen molar-refractivity contribution in [2.75, 3.05) is 6.54 Å². The molecular formula is C16H24N2O2. The molecule has 1 aliphatic heterocycles. The van der Waals surface area contributed by atoms with E-state index in [4.69, 9.17) is 0 Å². The number of nitrogens with zero attached hydrogens (tertiary/aromatic N) is 2. The summed E-state index contributed by atoms with van der Waals surface area (Å²) < 4.78 is 0. The molecule has 2 aliphatic carbocycles. The van der Waals surface area contributed by atoms with Crippen LogP contribution in [-0.2, 0) is 9.59 Å². The van der Waals surface area contributed by atoms with E-state index in [-0.39, 0.29) is 23.3 Å². The highest BCUT2D eigenvalue weighted by Gasteiger charge is 2.52. The van der Waals surface area contributed by atoms with Crippen molar-refractivity contribution >= 4 is 11.8 Å². The highest BCUT2D eigenvalue weighted by atomic mass is 16.2. The zero-order valence-electron chi connectivity index (χ0n) is 12.8. The molecule has 1 saturated carbocycles. The van der Waals surface area contributed by atoms with Gasteiger partial charge in [0.15, 0.2) is 0 Å². The van der Waals surface area contributed by atoms with E-state index in [2.05, 4.69) is 19.1 Å². The third kappa shape index (κ3) is 1.77. The number of hydrogen-bond donors (Lipinski definition) is 0. The minimum Gasteiger partial charge on any atom is -0.273 e. The quantitative estimate of drug-likeness (QED) is 0.573. The molecule has 4 atom stereocenters. The number of hydrogen-bond acceptors (Lipinski definition) is 3. The minimum absolute atomic E-state index is 0.0168. The molecule has 0 radical (unpaired) electrons. The summed E-state index contributed by atoms with van der Waals surface area (Å²) in [6.45, 7) is 8.91. The Morgan fingerprint density at radius 1 is 1.35 bits per heavy atom. The molecule has 2 bridgehead atoms. The molecule has 20 heavy (non-hydrogen) atoms. The lowest BCUT2D eigenvalue weighted by atomic mass is 9.83. The van der Waals surface area contributed by atoms with E-state index in [1.54, 1.807) is 0 Å². The summed E-state index contributed by atoms with van der Waals surface area (Å²) >= 11 is 0. The first-order valence-corrected chi connectivity index (χ1v) is 7.69. The van der Waals surface area contributed by atoms with Gasteiger partial charge in [-0.3, -0.25) is 9.59 Å². The molecule has 0 aromatic carbocycles. The van der Waals surface area contributed by atoms with Crippen molar-refractivity contribution in [1.82, 2.24) is 10.0 Å². The lowest BCUT2D eigenvalue weighted by Gasteiger charge is -2.37. The third-order valence-corrected chi connectivity index (χ3v) is 5.41. The maximum absolute atomic E-state index is 12.9. The second-order valence-electron chi connectivity index (χ2n) is 7.08. The summed E-state index contributed by atoms with van der Waals surface area (Å²) in [6.07, 6.45) is 5.92. The third-order valence-electron chi connectivity index (χ3n) is 5.41. The van der Waals surface area contributed by atoms with E-state index in [0.29, 0.717) is 30.7 Å². The molecule has 110 valence electrons. The molecule has 4 heteroatoms. The molecular weight excluding hydrogens is 252 g/mol. The van der Waals surface area contributed by atoms with Gasteiger partial charge in [-0.1, -0.05) is 26.0 Å². The average Bonchev–Trinajstić information content (AvgIpc) is 2.99. The highest BCUT2D eigenvalue weighted by molar-refractivity contribution is 5.98. The van der Waals surface area contributed by atoms with E-state index >= 15 is 0 Å². The Bertz CT molecular complexity index is 483. The van der Waals surface area contributed by atoms with Gasteiger partial charge in [-0.2, -0.15) is 0 Å².